The van der Waals surface area contributed by atoms with Crippen LogP contribution in [0.4, 0.5) is 8.78 Å². The summed E-state index contributed by atoms with van der Waals surface area (Å²) >= 11 is 0. The van der Waals surface area contributed by atoms with E-state index in [0.717, 1.165) is 6.07 Å². The number of carbonyl (C=O) groups is 1. The number of fused-ring (bicyclic) bond motifs is 1. The number of hydrogen-bond acceptors (Lipinski definition) is 2. The fraction of sp³-hybridized carbons (Fsp3) is 0.176. The number of nitriles is 1. The van der Waals surface area contributed by atoms with Crippen LogP contribution in [0.2, 0.25) is 0 Å². The lowest BCUT2D eigenvalue weighted by atomic mass is 10.0. The number of nitrogens with zero attached hydrogens (tertiary/aromatic N) is 2. The van der Waals surface area contributed by atoms with E-state index in [-0.39, 0.29) is 35.9 Å². The van der Waals surface area contributed by atoms with Gasteiger partial charge in [0.1, 0.15) is 17.7 Å². The van der Waals surface area contributed by atoms with Gasteiger partial charge in [-0.1, -0.05) is 12.1 Å². The van der Waals surface area contributed by atoms with Gasteiger partial charge in [0.15, 0.2) is 0 Å². The van der Waals surface area contributed by atoms with Crippen LogP contribution in [0.5, 0.6) is 0 Å². The molecule has 0 atom stereocenters. The molecule has 1 heterocycles. The molecule has 0 saturated heterocycles. The molecule has 3 rings (SSSR count). The largest absolute Gasteiger partial charge is 0.330 e. The molecule has 3 nitrogen and oxygen atoms in total. The Morgan fingerprint density at radius 2 is 2.05 bits per heavy atom. The molecular weight excluding hydrogens is 286 g/mol. The first kappa shape index (κ1) is 14.2. The third kappa shape index (κ3) is 2.33. The normalized spacial score (nSPS) is 13.2. The molecule has 0 unspecified atom stereocenters. The monoisotopic (exact) mass is 298 g/mol. The van der Waals surface area contributed by atoms with Gasteiger partial charge in [-0.05, 0) is 41.8 Å². The van der Waals surface area contributed by atoms with Crippen molar-refractivity contribution in [2.24, 2.45) is 0 Å². The maximum Gasteiger partial charge on any atom is 0.256 e. The molecule has 0 aliphatic carbocycles. The molecule has 5 heteroatoms. The molecule has 1 amide bonds. The van der Waals surface area contributed by atoms with Crippen LogP contribution in [-0.4, -0.2) is 10.8 Å². The summed E-state index contributed by atoms with van der Waals surface area (Å²) in [5, 5.41) is 9.05. The number of rotatable bonds is 2. The highest BCUT2D eigenvalue weighted by atomic mass is 19.1. The standard InChI is InChI=1S/C17H12F2N2O/c1-10-2-3-11(4-15(10)19)8-21-9-13-6-14(18)5-12(7-20)16(13)17(21)22/h2-6H,8-9H2,1H3. The van der Waals surface area contributed by atoms with Gasteiger partial charge in [0.05, 0.1) is 11.1 Å². The molecular formula is C17H12F2N2O. The Balaban J connectivity index is 1.91. The number of benzene rings is 2. The lowest BCUT2D eigenvalue weighted by Gasteiger charge is -2.16. The van der Waals surface area contributed by atoms with Crippen molar-refractivity contribution in [3.8, 4) is 6.07 Å². The Hall–Kier alpha value is -2.74. The Bertz CT molecular complexity index is 824. The Labute approximate surface area is 126 Å². The van der Waals surface area contributed by atoms with Crippen LogP contribution in [0, 0.1) is 29.9 Å². The predicted molar refractivity (Wildman–Crippen MR) is 75.8 cm³/mol. The minimum atomic E-state index is -0.536. The number of amides is 1. The van der Waals surface area contributed by atoms with Crippen LogP contribution >= 0.6 is 0 Å². The lowest BCUT2D eigenvalue weighted by Crippen LogP contribution is -2.23. The second kappa shape index (κ2) is 5.23. The van der Waals surface area contributed by atoms with Gasteiger partial charge in [0, 0.05) is 13.1 Å². The van der Waals surface area contributed by atoms with E-state index in [4.69, 9.17) is 5.26 Å². The van der Waals surface area contributed by atoms with Crippen LogP contribution in [0.25, 0.3) is 0 Å². The van der Waals surface area contributed by atoms with E-state index in [9.17, 15) is 13.6 Å². The maximum absolute atomic E-state index is 13.6. The molecule has 0 aromatic heterocycles. The van der Waals surface area contributed by atoms with Gasteiger partial charge in [0.2, 0.25) is 0 Å². The van der Waals surface area contributed by atoms with Gasteiger partial charge >= 0.3 is 0 Å². The minimum Gasteiger partial charge on any atom is -0.330 e. The van der Waals surface area contributed by atoms with E-state index in [1.807, 2.05) is 6.07 Å². The molecule has 0 spiro atoms. The summed E-state index contributed by atoms with van der Waals surface area (Å²) in [6.07, 6.45) is 0. The van der Waals surface area contributed by atoms with Crippen LogP contribution in [0.15, 0.2) is 30.3 Å². The third-order valence-corrected chi connectivity index (χ3v) is 3.78. The maximum atomic E-state index is 13.6. The highest BCUT2D eigenvalue weighted by molar-refractivity contribution is 6.00. The van der Waals surface area contributed by atoms with Crippen molar-refractivity contribution in [2.45, 2.75) is 20.0 Å². The molecule has 2 aromatic carbocycles. The third-order valence-electron chi connectivity index (χ3n) is 3.78. The number of carbonyl (C=O) groups excluding carboxylic acids is 1. The van der Waals surface area contributed by atoms with E-state index < -0.39 is 5.82 Å². The van der Waals surface area contributed by atoms with Gasteiger partial charge in [0.25, 0.3) is 5.91 Å². The van der Waals surface area contributed by atoms with Crippen LogP contribution in [0.1, 0.15) is 32.6 Å². The van der Waals surface area contributed by atoms with Crippen molar-refractivity contribution in [1.82, 2.24) is 4.90 Å². The molecule has 0 fully saturated rings. The number of hydrogen-bond donors (Lipinski definition) is 0. The fourth-order valence-corrected chi connectivity index (χ4v) is 2.65. The first-order chi connectivity index (χ1) is 10.5. The van der Waals surface area contributed by atoms with E-state index in [2.05, 4.69) is 0 Å². The molecule has 2 aromatic rings. The second-order valence-electron chi connectivity index (χ2n) is 5.34. The van der Waals surface area contributed by atoms with Crippen LogP contribution < -0.4 is 0 Å². The summed E-state index contributed by atoms with van der Waals surface area (Å²) in [4.78, 5) is 13.9. The highest BCUT2D eigenvalue weighted by Gasteiger charge is 2.30. The van der Waals surface area contributed by atoms with Crippen molar-refractivity contribution in [3.05, 3.63) is 69.8 Å². The topological polar surface area (TPSA) is 44.1 Å². The molecule has 22 heavy (non-hydrogen) atoms. The Kier molecular flexibility index (Phi) is 3.38. The summed E-state index contributed by atoms with van der Waals surface area (Å²) in [6, 6.07) is 8.97. The summed E-state index contributed by atoms with van der Waals surface area (Å²) in [7, 11) is 0. The van der Waals surface area contributed by atoms with Crippen molar-refractivity contribution >= 4 is 5.91 Å². The van der Waals surface area contributed by atoms with Gasteiger partial charge in [-0.15, -0.1) is 0 Å². The molecule has 1 aliphatic rings. The lowest BCUT2D eigenvalue weighted by molar-refractivity contribution is 0.0766. The van der Waals surface area contributed by atoms with Gasteiger partial charge in [-0.2, -0.15) is 5.26 Å². The molecule has 1 aliphatic heterocycles. The molecule has 110 valence electrons. The van der Waals surface area contributed by atoms with E-state index in [1.165, 1.54) is 17.0 Å². The zero-order valence-corrected chi connectivity index (χ0v) is 11.9. The van der Waals surface area contributed by atoms with Gasteiger partial charge in [-0.25, -0.2) is 8.78 Å². The molecule has 0 saturated carbocycles. The first-order valence-corrected chi connectivity index (χ1v) is 6.76. The van der Waals surface area contributed by atoms with Crippen LogP contribution in [-0.2, 0) is 13.1 Å². The summed E-state index contributed by atoms with van der Waals surface area (Å²) in [5.41, 5.74) is 1.97. The zero-order chi connectivity index (χ0) is 15.9. The quantitative estimate of drug-likeness (QED) is 0.854. The average Bonchev–Trinajstić information content (AvgIpc) is 2.78. The Morgan fingerprint density at radius 3 is 2.73 bits per heavy atom. The first-order valence-electron chi connectivity index (χ1n) is 6.76. The van der Waals surface area contributed by atoms with E-state index >= 15 is 0 Å². The Morgan fingerprint density at radius 1 is 1.27 bits per heavy atom. The number of halogens is 2. The summed E-state index contributed by atoms with van der Waals surface area (Å²) in [5.74, 6) is -1.19. The molecule has 0 bridgehead atoms. The van der Waals surface area contributed by atoms with Crippen LogP contribution in [0.3, 0.4) is 0 Å². The second-order valence-corrected chi connectivity index (χ2v) is 5.34. The van der Waals surface area contributed by atoms with E-state index in [1.54, 1.807) is 19.1 Å². The van der Waals surface area contributed by atoms with Crippen molar-refractivity contribution in [1.29, 1.82) is 5.26 Å². The highest BCUT2D eigenvalue weighted by Crippen LogP contribution is 2.28. The molecule has 0 radical (unpaired) electrons. The zero-order valence-electron chi connectivity index (χ0n) is 11.9. The van der Waals surface area contributed by atoms with Gasteiger partial charge in [-0.3, -0.25) is 4.79 Å². The van der Waals surface area contributed by atoms with E-state index in [0.29, 0.717) is 16.7 Å². The van der Waals surface area contributed by atoms with Crippen molar-refractivity contribution in [3.63, 3.8) is 0 Å². The SMILES string of the molecule is Cc1ccc(CN2Cc3cc(F)cc(C#N)c3C2=O)cc1F. The summed E-state index contributed by atoms with van der Waals surface area (Å²) < 4.78 is 27.0. The fourth-order valence-electron chi connectivity index (χ4n) is 2.65. The minimum absolute atomic E-state index is 0.0394. The predicted octanol–water partition coefficient (Wildman–Crippen LogP) is 3.30. The smallest absolute Gasteiger partial charge is 0.256 e. The summed E-state index contributed by atoms with van der Waals surface area (Å²) in [6.45, 7) is 2.10. The van der Waals surface area contributed by atoms with Gasteiger partial charge < -0.3 is 4.90 Å². The average molecular weight is 298 g/mol. The van der Waals surface area contributed by atoms with Crippen molar-refractivity contribution in [2.75, 3.05) is 0 Å². The number of aryl methyl sites for hydroxylation is 1. The molecule has 0 N–H and O–H groups in total. The van der Waals surface area contributed by atoms with Crippen molar-refractivity contribution < 1.29 is 13.6 Å².